The van der Waals surface area contributed by atoms with Crippen molar-refractivity contribution < 1.29 is 14.4 Å². The Morgan fingerprint density at radius 1 is 0.962 bits per heavy atom. The summed E-state index contributed by atoms with van der Waals surface area (Å²) in [6.45, 7) is 3.12. The molecule has 2 aromatic carbocycles. The Balaban J connectivity index is 1.40. The Labute approximate surface area is 152 Å². The Bertz CT molecular complexity index is 813. The van der Waals surface area contributed by atoms with Crippen LogP contribution in [-0.4, -0.2) is 35.8 Å². The second kappa shape index (κ2) is 7.82. The second-order valence-electron chi connectivity index (χ2n) is 6.26. The van der Waals surface area contributed by atoms with E-state index in [0.29, 0.717) is 30.6 Å². The minimum absolute atomic E-state index is 0.269. The fraction of sp³-hybridized carbons (Fsp3) is 0.250. The summed E-state index contributed by atoms with van der Waals surface area (Å²) in [5.41, 5.74) is 3.07. The van der Waals surface area contributed by atoms with Gasteiger partial charge in [0.2, 0.25) is 0 Å². The predicted octanol–water partition coefficient (Wildman–Crippen LogP) is 2.48. The quantitative estimate of drug-likeness (QED) is 0.620. The zero-order valence-electron chi connectivity index (χ0n) is 14.6. The first-order valence-corrected chi connectivity index (χ1v) is 8.59. The number of urea groups is 1. The van der Waals surface area contributed by atoms with Gasteiger partial charge < -0.3 is 10.6 Å². The second-order valence-corrected chi connectivity index (χ2v) is 6.26. The third-order valence-corrected chi connectivity index (χ3v) is 4.26. The van der Waals surface area contributed by atoms with Gasteiger partial charge in [-0.1, -0.05) is 42.0 Å². The maximum Gasteiger partial charge on any atom is 0.315 e. The van der Waals surface area contributed by atoms with Crippen molar-refractivity contribution in [2.75, 3.05) is 13.1 Å². The van der Waals surface area contributed by atoms with Crippen molar-refractivity contribution in [2.24, 2.45) is 0 Å². The van der Waals surface area contributed by atoms with E-state index in [0.717, 1.165) is 11.1 Å². The first-order chi connectivity index (χ1) is 12.6. The van der Waals surface area contributed by atoms with Crippen LogP contribution in [0, 0.1) is 6.92 Å². The molecule has 6 nitrogen and oxygen atoms in total. The van der Waals surface area contributed by atoms with E-state index >= 15 is 0 Å². The molecule has 134 valence electrons. The van der Waals surface area contributed by atoms with Gasteiger partial charge in [0.1, 0.15) is 0 Å². The number of fused-ring (bicyclic) bond motifs is 1. The normalized spacial score (nSPS) is 12.9. The molecule has 6 heteroatoms. The highest BCUT2D eigenvalue weighted by atomic mass is 16.2. The Hall–Kier alpha value is -3.15. The molecule has 2 aromatic rings. The van der Waals surface area contributed by atoms with E-state index in [1.807, 2.05) is 31.2 Å². The van der Waals surface area contributed by atoms with Gasteiger partial charge in [-0.25, -0.2) is 4.79 Å². The molecule has 2 N–H and O–H groups in total. The third kappa shape index (κ3) is 3.91. The smallest absolute Gasteiger partial charge is 0.315 e. The highest BCUT2D eigenvalue weighted by Crippen LogP contribution is 2.22. The highest BCUT2D eigenvalue weighted by molar-refractivity contribution is 6.21. The Kier molecular flexibility index (Phi) is 5.31. The number of hydrogen-bond donors (Lipinski definition) is 2. The van der Waals surface area contributed by atoms with E-state index in [2.05, 4.69) is 10.6 Å². The van der Waals surface area contributed by atoms with Gasteiger partial charge in [0.25, 0.3) is 11.8 Å². The van der Waals surface area contributed by atoms with Gasteiger partial charge in [0.15, 0.2) is 0 Å². The van der Waals surface area contributed by atoms with Crippen LogP contribution in [0.3, 0.4) is 0 Å². The molecule has 26 heavy (non-hydrogen) atoms. The van der Waals surface area contributed by atoms with Crippen LogP contribution >= 0.6 is 0 Å². The van der Waals surface area contributed by atoms with Gasteiger partial charge in [0, 0.05) is 19.6 Å². The molecule has 0 unspecified atom stereocenters. The van der Waals surface area contributed by atoms with Crippen LogP contribution < -0.4 is 10.6 Å². The van der Waals surface area contributed by atoms with E-state index in [4.69, 9.17) is 0 Å². The van der Waals surface area contributed by atoms with Crippen LogP contribution in [-0.2, 0) is 6.54 Å². The summed E-state index contributed by atoms with van der Waals surface area (Å²) < 4.78 is 0. The molecule has 0 radical (unpaired) electrons. The van der Waals surface area contributed by atoms with Crippen LogP contribution in [0.2, 0.25) is 0 Å². The molecule has 3 rings (SSSR count). The molecule has 0 bridgehead atoms. The highest BCUT2D eigenvalue weighted by Gasteiger charge is 2.34. The summed E-state index contributed by atoms with van der Waals surface area (Å²) in [6.07, 6.45) is 0.503. The molecular weight excluding hydrogens is 330 g/mol. The number of nitrogens with one attached hydrogen (secondary N) is 2. The van der Waals surface area contributed by atoms with Crippen molar-refractivity contribution in [3.63, 3.8) is 0 Å². The standard InChI is InChI=1S/C20H21N3O3/c1-14-6-4-7-15(12-14)13-22-20(26)21-10-5-11-23-18(24)16-8-2-3-9-17(16)19(23)25/h2-4,6-9,12H,5,10-11,13H2,1H3,(H2,21,22,26). The van der Waals surface area contributed by atoms with Crippen molar-refractivity contribution in [1.82, 2.24) is 15.5 Å². The summed E-state index contributed by atoms with van der Waals surface area (Å²) >= 11 is 0. The van der Waals surface area contributed by atoms with Crippen LogP contribution in [0.15, 0.2) is 48.5 Å². The number of nitrogens with zero attached hydrogens (tertiary/aromatic N) is 1. The number of amides is 4. The zero-order valence-corrected chi connectivity index (χ0v) is 14.6. The molecule has 0 spiro atoms. The van der Waals surface area contributed by atoms with Crippen LogP contribution in [0.4, 0.5) is 4.79 Å². The molecule has 4 amide bonds. The first-order valence-electron chi connectivity index (χ1n) is 8.59. The molecule has 0 aromatic heterocycles. The number of rotatable bonds is 6. The van der Waals surface area contributed by atoms with Gasteiger partial charge in [-0.05, 0) is 31.0 Å². The number of benzene rings is 2. The van der Waals surface area contributed by atoms with Crippen LogP contribution in [0.25, 0.3) is 0 Å². The molecule has 0 aliphatic carbocycles. The largest absolute Gasteiger partial charge is 0.338 e. The van der Waals surface area contributed by atoms with E-state index in [9.17, 15) is 14.4 Å². The van der Waals surface area contributed by atoms with Crippen molar-refractivity contribution in [3.8, 4) is 0 Å². The van der Waals surface area contributed by atoms with E-state index < -0.39 is 0 Å². The zero-order chi connectivity index (χ0) is 18.5. The SMILES string of the molecule is Cc1cccc(CNC(=O)NCCCN2C(=O)c3ccccc3C2=O)c1. The van der Waals surface area contributed by atoms with Crippen LogP contribution in [0.5, 0.6) is 0 Å². The molecule has 0 saturated heterocycles. The Morgan fingerprint density at radius 3 is 2.31 bits per heavy atom. The lowest BCUT2D eigenvalue weighted by Gasteiger charge is -2.14. The first kappa shape index (κ1) is 17.7. The molecule has 0 atom stereocenters. The monoisotopic (exact) mass is 351 g/mol. The number of carbonyl (C=O) groups is 3. The molecule has 1 aliphatic rings. The minimum atomic E-state index is -0.270. The number of imide groups is 1. The molecule has 0 saturated carbocycles. The van der Waals surface area contributed by atoms with E-state index in [-0.39, 0.29) is 24.4 Å². The van der Waals surface area contributed by atoms with E-state index in [1.165, 1.54) is 4.90 Å². The Morgan fingerprint density at radius 2 is 1.65 bits per heavy atom. The summed E-state index contributed by atoms with van der Waals surface area (Å²) in [6, 6.07) is 14.5. The van der Waals surface area contributed by atoms with Gasteiger partial charge in [-0.15, -0.1) is 0 Å². The summed E-state index contributed by atoms with van der Waals surface area (Å²) in [7, 11) is 0. The van der Waals surface area contributed by atoms with E-state index in [1.54, 1.807) is 24.3 Å². The van der Waals surface area contributed by atoms with Gasteiger partial charge in [-0.3, -0.25) is 14.5 Å². The average Bonchev–Trinajstić information content (AvgIpc) is 2.88. The molecule has 1 heterocycles. The molecule has 0 fully saturated rings. The lowest BCUT2D eigenvalue weighted by Crippen LogP contribution is -2.37. The van der Waals surface area contributed by atoms with Crippen molar-refractivity contribution in [2.45, 2.75) is 19.9 Å². The average molecular weight is 351 g/mol. The van der Waals surface area contributed by atoms with Crippen molar-refractivity contribution in [1.29, 1.82) is 0 Å². The van der Waals surface area contributed by atoms with Crippen molar-refractivity contribution >= 4 is 17.8 Å². The lowest BCUT2D eigenvalue weighted by atomic mass is 10.1. The third-order valence-electron chi connectivity index (χ3n) is 4.26. The number of carbonyl (C=O) groups excluding carboxylic acids is 3. The lowest BCUT2D eigenvalue weighted by molar-refractivity contribution is 0.0653. The summed E-state index contributed by atoms with van der Waals surface area (Å²) in [5, 5.41) is 5.53. The van der Waals surface area contributed by atoms with Crippen LogP contribution in [0.1, 0.15) is 38.3 Å². The number of aryl methyl sites for hydroxylation is 1. The number of hydrogen-bond acceptors (Lipinski definition) is 3. The predicted molar refractivity (Wildman–Crippen MR) is 97.8 cm³/mol. The topological polar surface area (TPSA) is 78.5 Å². The van der Waals surface area contributed by atoms with Gasteiger partial charge in [-0.2, -0.15) is 0 Å². The minimum Gasteiger partial charge on any atom is -0.338 e. The molecular formula is C20H21N3O3. The maximum atomic E-state index is 12.2. The maximum absolute atomic E-state index is 12.2. The molecule has 1 aliphatic heterocycles. The fourth-order valence-corrected chi connectivity index (χ4v) is 2.95. The van der Waals surface area contributed by atoms with Crippen molar-refractivity contribution in [3.05, 3.63) is 70.8 Å². The van der Waals surface area contributed by atoms with Gasteiger partial charge >= 0.3 is 6.03 Å². The fourth-order valence-electron chi connectivity index (χ4n) is 2.95. The summed E-state index contributed by atoms with van der Waals surface area (Å²) in [4.78, 5) is 37.5. The van der Waals surface area contributed by atoms with Gasteiger partial charge in [0.05, 0.1) is 11.1 Å². The summed E-state index contributed by atoms with van der Waals surface area (Å²) in [5.74, 6) is -0.538.